The Kier molecular flexibility index (Phi) is 6.93. The Balaban J connectivity index is 2.10. The van der Waals surface area contributed by atoms with E-state index in [2.05, 4.69) is 22.4 Å². The van der Waals surface area contributed by atoms with E-state index < -0.39 is 23.7 Å². The summed E-state index contributed by atoms with van der Waals surface area (Å²) in [4.78, 5) is 27.5. The van der Waals surface area contributed by atoms with E-state index in [1.54, 1.807) is 33.2 Å². The van der Waals surface area contributed by atoms with Gasteiger partial charge in [-0.1, -0.05) is 36.4 Å². The lowest BCUT2D eigenvalue weighted by Gasteiger charge is -2.23. The van der Waals surface area contributed by atoms with Crippen molar-refractivity contribution >= 4 is 12.1 Å². The second-order valence-corrected chi connectivity index (χ2v) is 7.41. The number of pyridine rings is 1. The summed E-state index contributed by atoms with van der Waals surface area (Å²) >= 11 is 0. The van der Waals surface area contributed by atoms with Crippen molar-refractivity contribution in [1.82, 2.24) is 10.3 Å². The number of carboxylic acids is 1. The smallest absolute Gasteiger partial charge is 0.408 e. The van der Waals surface area contributed by atoms with Gasteiger partial charge in [-0.05, 0) is 50.3 Å². The molecule has 6 nitrogen and oxygen atoms in total. The van der Waals surface area contributed by atoms with Crippen LogP contribution in [0.15, 0.2) is 48.8 Å². The van der Waals surface area contributed by atoms with Crippen molar-refractivity contribution in [3.63, 3.8) is 0 Å². The SMILES string of the molecule is CC(C)(C)OC(=O)NC(CC(=O)O)c1cncc(CCc2ccccc2)c1. The van der Waals surface area contributed by atoms with Crippen molar-refractivity contribution < 1.29 is 19.4 Å². The number of aryl methyl sites for hydroxylation is 2. The molecule has 27 heavy (non-hydrogen) atoms. The predicted octanol–water partition coefficient (Wildman–Crippen LogP) is 3.91. The summed E-state index contributed by atoms with van der Waals surface area (Å²) < 4.78 is 5.24. The van der Waals surface area contributed by atoms with Gasteiger partial charge in [0.1, 0.15) is 5.60 Å². The van der Waals surface area contributed by atoms with Crippen LogP contribution in [-0.4, -0.2) is 27.8 Å². The standard InChI is InChI=1S/C21H26N2O4/c1-21(2,3)27-20(26)23-18(12-19(24)25)17-11-16(13-22-14-17)10-9-15-7-5-4-6-8-15/h4-8,11,13-14,18H,9-10,12H2,1-3H3,(H,23,26)(H,24,25). The highest BCUT2D eigenvalue weighted by atomic mass is 16.6. The third-order valence-corrected chi connectivity index (χ3v) is 3.83. The minimum absolute atomic E-state index is 0.247. The molecule has 1 heterocycles. The number of benzene rings is 1. The Bertz CT molecular complexity index is 769. The Morgan fingerprint density at radius 2 is 1.78 bits per heavy atom. The highest BCUT2D eigenvalue weighted by Crippen LogP contribution is 2.19. The quantitative estimate of drug-likeness (QED) is 0.771. The zero-order chi connectivity index (χ0) is 19.9. The molecule has 2 rings (SSSR count). The fourth-order valence-corrected chi connectivity index (χ4v) is 2.64. The molecule has 1 atom stereocenters. The number of hydrogen-bond donors (Lipinski definition) is 2. The number of aromatic nitrogens is 1. The summed E-state index contributed by atoms with van der Waals surface area (Å²) in [5, 5.41) is 11.8. The molecule has 0 aliphatic heterocycles. The maximum absolute atomic E-state index is 12.1. The highest BCUT2D eigenvalue weighted by Gasteiger charge is 2.23. The second kappa shape index (κ2) is 9.16. The maximum Gasteiger partial charge on any atom is 0.408 e. The molecule has 1 amide bonds. The lowest BCUT2D eigenvalue weighted by molar-refractivity contribution is -0.137. The highest BCUT2D eigenvalue weighted by molar-refractivity contribution is 5.72. The molecule has 0 radical (unpaired) electrons. The number of alkyl carbamates (subject to hydrolysis) is 1. The monoisotopic (exact) mass is 370 g/mol. The minimum Gasteiger partial charge on any atom is -0.481 e. The molecule has 0 fully saturated rings. The number of nitrogens with zero attached hydrogens (tertiary/aromatic N) is 1. The van der Waals surface area contributed by atoms with Crippen LogP contribution in [0.3, 0.4) is 0 Å². The Morgan fingerprint density at radius 3 is 2.41 bits per heavy atom. The van der Waals surface area contributed by atoms with Crippen molar-refractivity contribution in [3.8, 4) is 0 Å². The van der Waals surface area contributed by atoms with Crippen LogP contribution in [0.2, 0.25) is 0 Å². The molecule has 0 aliphatic carbocycles. The van der Waals surface area contributed by atoms with Gasteiger partial charge in [-0.3, -0.25) is 9.78 Å². The summed E-state index contributed by atoms with van der Waals surface area (Å²) in [6.45, 7) is 5.26. The molecular weight excluding hydrogens is 344 g/mol. The number of nitrogens with one attached hydrogen (secondary N) is 1. The molecule has 1 aromatic heterocycles. The van der Waals surface area contributed by atoms with Gasteiger partial charge < -0.3 is 15.2 Å². The largest absolute Gasteiger partial charge is 0.481 e. The van der Waals surface area contributed by atoms with Gasteiger partial charge in [-0.25, -0.2) is 4.79 Å². The van der Waals surface area contributed by atoms with E-state index in [-0.39, 0.29) is 6.42 Å². The number of rotatable bonds is 7. The van der Waals surface area contributed by atoms with Crippen LogP contribution in [0.25, 0.3) is 0 Å². The predicted molar refractivity (Wildman–Crippen MR) is 102 cm³/mol. The first-order valence-corrected chi connectivity index (χ1v) is 8.92. The van der Waals surface area contributed by atoms with E-state index in [0.717, 1.165) is 18.4 Å². The number of carbonyl (C=O) groups is 2. The van der Waals surface area contributed by atoms with E-state index >= 15 is 0 Å². The third kappa shape index (κ3) is 7.48. The lowest BCUT2D eigenvalue weighted by atomic mass is 10.0. The first-order valence-electron chi connectivity index (χ1n) is 8.92. The molecule has 0 aliphatic rings. The van der Waals surface area contributed by atoms with Crippen LogP contribution in [0.4, 0.5) is 4.79 Å². The average molecular weight is 370 g/mol. The summed E-state index contributed by atoms with van der Waals surface area (Å²) in [5.41, 5.74) is 2.19. The van der Waals surface area contributed by atoms with Crippen molar-refractivity contribution in [2.24, 2.45) is 0 Å². The number of hydrogen-bond acceptors (Lipinski definition) is 4. The molecule has 1 aromatic carbocycles. The molecule has 6 heteroatoms. The zero-order valence-electron chi connectivity index (χ0n) is 15.9. The lowest BCUT2D eigenvalue weighted by Crippen LogP contribution is -2.35. The summed E-state index contributed by atoms with van der Waals surface area (Å²) in [6, 6.07) is 11.3. The third-order valence-electron chi connectivity index (χ3n) is 3.83. The van der Waals surface area contributed by atoms with Crippen molar-refractivity contribution in [3.05, 3.63) is 65.5 Å². The molecule has 0 saturated heterocycles. The van der Waals surface area contributed by atoms with Gasteiger partial charge in [0.2, 0.25) is 0 Å². The van der Waals surface area contributed by atoms with E-state index in [1.807, 2.05) is 24.3 Å². The van der Waals surface area contributed by atoms with E-state index in [0.29, 0.717) is 5.56 Å². The first kappa shape index (κ1) is 20.4. The number of amides is 1. The van der Waals surface area contributed by atoms with Crippen LogP contribution >= 0.6 is 0 Å². The molecule has 2 N–H and O–H groups in total. The summed E-state index contributed by atoms with van der Waals surface area (Å²) in [6.07, 6.45) is 4.08. The number of aliphatic carboxylic acids is 1. The second-order valence-electron chi connectivity index (χ2n) is 7.41. The zero-order valence-corrected chi connectivity index (χ0v) is 15.9. The topological polar surface area (TPSA) is 88.5 Å². The normalized spacial score (nSPS) is 12.3. The Hall–Kier alpha value is -2.89. The van der Waals surface area contributed by atoms with E-state index in [9.17, 15) is 14.7 Å². The molecule has 144 valence electrons. The summed E-state index contributed by atoms with van der Waals surface area (Å²) in [5.74, 6) is -1.01. The van der Waals surface area contributed by atoms with Gasteiger partial charge in [-0.2, -0.15) is 0 Å². The fourth-order valence-electron chi connectivity index (χ4n) is 2.64. The van der Waals surface area contributed by atoms with Gasteiger partial charge in [0.15, 0.2) is 0 Å². The van der Waals surface area contributed by atoms with Crippen LogP contribution in [-0.2, 0) is 22.4 Å². The number of carbonyl (C=O) groups excluding carboxylic acids is 1. The van der Waals surface area contributed by atoms with E-state index in [4.69, 9.17) is 4.74 Å². The van der Waals surface area contributed by atoms with Crippen molar-refractivity contribution in [2.75, 3.05) is 0 Å². The van der Waals surface area contributed by atoms with Crippen LogP contribution in [0.1, 0.15) is 49.9 Å². The molecule has 0 spiro atoms. The molecular formula is C21H26N2O4. The van der Waals surface area contributed by atoms with E-state index in [1.165, 1.54) is 5.56 Å². The number of ether oxygens (including phenoxy) is 1. The van der Waals surface area contributed by atoms with Crippen LogP contribution < -0.4 is 5.32 Å². The van der Waals surface area contributed by atoms with Gasteiger partial charge in [-0.15, -0.1) is 0 Å². The minimum atomic E-state index is -1.01. The first-order chi connectivity index (χ1) is 12.7. The van der Waals surface area contributed by atoms with Gasteiger partial charge >= 0.3 is 12.1 Å². The summed E-state index contributed by atoms with van der Waals surface area (Å²) in [7, 11) is 0. The average Bonchev–Trinajstić information content (AvgIpc) is 2.58. The van der Waals surface area contributed by atoms with Gasteiger partial charge in [0.25, 0.3) is 0 Å². The number of carboxylic acid groups (broad SMARTS) is 1. The molecule has 0 saturated carbocycles. The maximum atomic E-state index is 12.1. The van der Waals surface area contributed by atoms with Crippen molar-refractivity contribution in [2.45, 2.75) is 51.7 Å². The Morgan fingerprint density at radius 1 is 1.11 bits per heavy atom. The Labute approximate surface area is 159 Å². The van der Waals surface area contributed by atoms with Crippen LogP contribution in [0.5, 0.6) is 0 Å². The molecule has 1 unspecified atom stereocenters. The fraction of sp³-hybridized carbons (Fsp3) is 0.381. The van der Waals surface area contributed by atoms with Gasteiger partial charge in [0.05, 0.1) is 12.5 Å². The van der Waals surface area contributed by atoms with Crippen LogP contribution in [0, 0.1) is 0 Å². The van der Waals surface area contributed by atoms with Gasteiger partial charge in [0, 0.05) is 12.4 Å². The molecule has 2 aromatic rings. The molecule has 0 bridgehead atoms. The van der Waals surface area contributed by atoms with Crippen molar-refractivity contribution in [1.29, 1.82) is 0 Å².